The normalized spacial score (nSPS) is 12.7. The molecule has 0 heterocycles. The van der Waals surface area contributed by atoms with E-state index in [-0.39, 0.29) is 0 Å². The van der Waals surface area contributed by atoms with Gasteiger partial charge in [0.2, 0.25) is 0 Å². The lowest BCUT2D eigenvalue weighted by Gasteiger charge is -2.29. The van der Waals surface area contributed by atoms with E-state index in [1.165, 1.54) is 11.3 Å². The first-order chi connectivity index (χ1) is 9.63. The fourth-order valence-electron chi connectivity index (χ4n) is 2.52. The maximum Gasteiger partial charge on any atom is 0.0637 e. The van der Waals surface area contributed by atoms with Crippen molar-refractivity contribution in [3.05, 3.63) is 29.8 Å². The van der Waals surface area contributed by atoms with Gasteiger partial charge < -0.3 is 15.0 Å². The Bertz CT molecular complexity index is 362. The number of methoxy groups -OCH3 is 1. The Morgan fingerprint density at radius 2 is 1.80 bits per heavy atom. The zero-order chi connectivity index (χ0) is 15.0. The van der Waals surface area contributed by atoms with Gasteiger partial charge in [-0.2, -0.15) is 0 Å². The second-order valence-electron chi connectivity index (χ2n) is 5.39. The fourth-order valence-corrected chi connectivity index (χ4v) is 2.52. The van der Waals surface area contributed by atoms with Crippen LogP contribution in [0.1, 0.15) is 45.7 Å². The molecule has 3 nitrogen and oxygen atoms in total. The van der Waals surface area contributed by atoms with Crippen LogP contribution >= 0.6 is 0 Å². The molecule has 1 aromatic carbocycles. The molecule has 1 rings (SSSR count). The van der Waals surface area contributed by atoms with Crippen LogP contribution in [0.4, 0.5) is 5.69 Å². The highest BCUT2D eigenvalue weighted by atomic mass is 16.5. The second kappa shape index (κ2) is 8.98. The van der Waals surface area contributed by atoms with Crippen LogP contribution in [0, 0.1) is 0 Å². The van der Waals surface area contributed by atoms with E-state index in [1.54, 1.807) is 7.11 Å². The number of nitrogens with zero attached hydrogens (tertiary/aromatic N) is 1. The molecule has 0 saturated heterocycles. The quantitative estimate of drug-likeness (QED) is 0.747. The first kappa shape index (κ1) is 17.0. The first-order valence-electron chi connectivity index (χ1n) is 7.72. The van der Waals surface area contributed by atoms with E-state index in [0.29, 0.717) is 12.1 Å². The molecule has 1 atom stereocenters. The van der Waals surface area contributed by atoms with E-state index < -0.39 is 0 Å². The molecular weight excluding hydrogens is 248 g/mol. The van der Waals surface area contributed by atoms with Gasteiger partial charge in [0.25, 0.3) is 0 Å². The van der Waals surface area contributed by atoms with Gasteiger partial charge in [0.05, 0.1) is 6.61 Å². The predicted octanol–water partition coefficient (Wildman–Crippen LogP) is 3.61. The number of rotatable bonds is 9. The van der Waals surface area contributed by atoms with Gasteiger partial charge in [-0.15, -0.1) is 0 Å². The molecule has 114 valence electrons. The minimum Gasteiger partial charge on any atom is -0.383 e. The largest absolute Gasteiger partial charge is 0.383 e. The third kappa shape index (κ3) is 4.80. The molecule has 0 bridgehead atoms. The van der Waals surface area contributed by atoms with Crippen LogP contribution in [-0.4, -0.2) is 32.8 Å². The van der Waals surface area contributed by atoms with E-state index in [4.69, 9.17) is 4.74 Å². The summed E-state index contributed by atoms with van der Waals surface area (Å²) in [5.41, 5.74) is 2.64. The minimum absolute atomic E-state index is 0.459. The summed E-state index contributed by atoms with van der Waals surface area (Å²) in [6.45, 7) is 11.5. The summed E-state index contributed by atoms with van der Waals surface area (Å²) in [6.07, 6.45) is 1.12. The van der Waals surface area contributed by atoms with Gasteiger partial charge in [-0.25, -0.2) is 0 Å². The topological polar surface area (TPSA) is 24.5 Å². The highest BCUT2D eigenvalue weighted by molar-refractivity contribution is 5.48. The Labute approximate surface area is 124 Å². The van der Waals surface area contributed by atoms with Gasteiger partial charge >= 0.3 is 0 Å². The van der Waals surface area contributed by atoms with Gasteiger partial charge in [-0.05, 0) is 44.5 Å². The van der Waals surface area contributed by atoms with Crippen LogP contribution in [0.25, 0.3) is 0 Å². The van der Waals surface area contributed by atoms with Crippen LogP contribution in [0.5, 0.6) is 0 Å². The smallest absolute Gasteiger partial charge is 0.0637 e. The third-order valence-corrected chi connectivity index (χ3v) is 3.65. The third-order valence-electron chi connectivity index (χ3n) is 3.65. The first-order valence-corrected chi connectivity index (χ1v) is 7.72. The lowest BCUT2D eigenvalue weighted by molar-refractivity contribution is 0.204. The summed E-state index contributed by atoms with van der Waals surface area (Å²) in [7, 11) is 1.75. The molecule has 1 N–H and O–H groups in total. The van der Waals surface area contributed by atoms with Crippen LogP contribution < -0.4 is 10.2 Å². The summed E-state index contributed by atoms with van der Waals surface area (Å²) in [4.78, 5) is 2.38. The molecule has 20 heavy (non-hydrogen) atoms. The summed E-state index contributed by atoms with van der Waals surface area (Å²) >= 11 is 0. The van der Waals surface area contributed by atoms with Gasteiger partial charge in [-0.3, -0.25) is 0 Å². The van der Waals surface area contributed by atoms with E-state index >= 15 is 0 Å². The van der Waals surface area contributed by atoms with Crippen molar-refractivity contribution < 1.29 is 4.74 Å². The van der Waals surface area contributed by atoms with Crippen molar-refractivity contribution in [2.45, 2.75) is 46.2 Å². The zero-order valence-corrected chi connectivity index (χ0v) is 13.6. The van der Waals surface area contributed by atoms with E-state index in [2.05, 4.69) is 62.2 Å². The SMILES string of the molecule is CCNC(CC)c1ccc(N(CCOC)C(C)C)cc1. The number of ether oxygens (including phenoxy) is 1. The van der Waals surface area contributed by atoms with Crippen LogP contribution in [-0.2, 0) is 4.74 Å². The van der Waals surface area contributed by atoms with E-state index in [1.807, 2.05) is 0 Å². The molecule has 0 radical (unpaired) electrons. The van der Waals surface area contributed by atoms with Gasteiger partial charge in [0, 0.05) is 31.4 Å². The monoisotopic (exact) mass is 278 g/mol. The van der Waals surface area contributed by atoms with Crippen molar-refractivity contribution in [3.63, 3.8) is 0 Å². The van der Waals surface area contributed by atoms with Crippen molar-refractivity contribution in [3.8, 4) is 0 Å². The number of hydrogen-bond donors (Lipinski definition) is 1. The summed E-state index contributed by atoms with van der Waals surface area (Å²) < 4.78 is 5.20. The maximum absolute atomic E-state index is 5.20. The number of anilines is 1. The zero-order valence-electron chi connectivity index (χ0n) is 13.6. The number of hydrogen-bond acceptors (Lipinski definition) is 3. The molecule has 0 amide bonds. The Morgan fingerprint density at radius 1 is 1.15 bits per heavy atom. The summed E-state index contributed by atoms with van der Waals surface area (Å²) in [5, 5.41) is 3.52. The average molecular weight is 278 g/mol. The number of nitrogens with one attached hydrogen (secondary N) is 1. The van der Waals surface area contributed by atoms with Gasteiger partial charge in [0.15, 0.2) is 0 Å². The molecule has 0 aliphatic rings. The van der Waals surface area contributed by atoms with Crippen LogP contribution in [0.3, 0.4) is 0 Å². The molecule has 0 saturated carbocycles. The average Bonchev–Trinajstić information content (AvgIpc) is 2.45. The van der Waals surface area contributed by atoms with Crippen molar-refractivity contribution in [1.29, 1.82) is 0 Å². The van der Waals surface area contributed by atoms with E-state index in [0.717, 1.165) is 26.1 Å². The molecule has 1 unspecified atom stereocenters. The molecule has 0 aliphatic carbocycles. The Hall–Kier alpha value is -1.06. The van der Waals surface area contributed by atoms with E-state index in [9.17, 15) is 0 Å². The summed E-state index contributed by atoms with van der Waals surface area (Å²) in [6, 6.07) is 9.88. The van der Waals surface area contributed by atoms with Crippen LogP contribution in [0.15, 0.2) is 24.3 Å². The van der Waals surface area contributed by atoms with Crippen LogP contribution in [0.2, 0.25) is 0 Å². The summed E-state index contributed by atoms with van der Waals surface area (Å²) in [5.74, 6) is 0. The van der Waals surface area contributed by atoms with Crippen molar-refractivity contribution in [2.75, 3.05) is 31.7 Å². The molecule has 1 aromatic rings. The fraction of sp³-hybridized carbons (Fsp3) is 0.647. The molecular formula is C17H30N2O. The lowest BCUT2D eigenvalue weighted by atomic mass is 10.0. The molecule has 0 fully saturated rings. The van der Waals surface area contributed by atoms with Gasteiger partial charge in [0.1, 0.15) is 0 Å². The minimum atomic E-state index is 0.459. The Kier molecular flexibility index (Phi) is 7.63. The lowest BCUT2D eigenvalue weighted by Crippen LogP contribution is -2.33. The predicted molar refractivity (Wildman–Crippen MR) is 87.5 cm³/mol. The highest BCUT2D eigenvalue weighted by Gasteiger charge is 2.12. The second-order valence-corrected chi connectivity index (χ2v) is 5.39. The van der Waals surface area contributed by atoms with Crippen molar-refractivity contribution in [1.82, 2.24) is 5.32 Å². The molecule has 3 heteroatoms. The molecule has 0 aliphatic heterocycles. The molecule has 0 aromatic heterocycles. The van der Waals surface area contributed by atoms with Crippen molar-refractivity contribution >= 4 is 5.69 Å². The number of benzene rings is 1. The van der Waals surface area contributed by atoms with Gasteiger partial charge in [-0.1, -0.05) is 26.0 Å². The highest BCUT2D eigenvalue weighted by Crippen LogP contribution is 2.22. The Morgan fingerprint density at radius 3 is 2.25 bits per heavy atom. The molecule has 0 spiro atoms. The van der Waals surface area contributed by atoms with Crippen molar-refractivity contribution in [2.24, 2.45) is 0 Å². The Balaban J connectivity index is 2.81. The standard InChI is InChI=1S/C17H30N2O/c1-6-17(18-7-2)15-8-10-16(11-9-15)19(14(3)4)12-13-20-5/h8-11,14,17-18H,6-7,12-13H2,1-5H3. The maximum atomic E-state index is 5.20.